The van der Waals surface area contributed by atoms with E-state index in [0.29, 0.717) is 24.2 Å². The van der Waals surface area contributed by atoms with E-state index in [-0.39, 0.29) is 15.7 Å². The van der Waals surface area contributed by atoms with Crippen molar-refractivity contribution in [3.05, 3.63) is 90.3 Å². The number of carbonyl (C=O) groups is 1. The van der Waals surface area contributed by atoms with Crippen molar-refractivity contribution in [3.63, 3.8) is 0 Å². The molecule has 2 aromatic carbocycles. The topological polar surface area (TPSA) is 114 Å². The number of anilines is 1. The third-order valence-electron chi connectivity index (χ3n) is 5.28. The van der Waals surface area contributed by atoms with Gasteiger partial charge in [0.15, 0.2) is 9.84 Å². The highest BCUT2D eigenvalue weighted by Gasteiger charge is 2.15. The van der Waals surface area contributed by atoms with Crippen LogP contribution < -0.4 is 9.62 Å². The highest BCUT2D eigenvalue weighted by atomic mass is 32.2. The number of nitrogens with zero attached hydrogens (tertiary/aromatic N) is 2. The fourth-order valence-electron chi connectivity index (χ4n) is 3.21. The zero-order chi connectivity index (χ0) is 25.5. The van der Waals surface area contributed by atoms with Crippen LogP contribution in [-0.4, -0.2) is 47.6 Å². The number of nitrogens with one attached hydrogen (secondary N) is 1. The van der Waals surface area contributed by atoms with E-state index in [2.05, 4.69) is 9.71 Å². The first-order valence-electron chi connectivity index (χ1n) is 10.8. The zero-order valence-corrected chi connectivity index (χ0v) is 21.1. The number of benzene rings is 2. The van der Waals surface area contributed by atoms with Crippen LogP contribution in [0.4, 0.5) is 5.69 Å². The predicted molar refractivity (Wildman–Crippen MR) is 136 cm³/mol. The Bertz CT molecular complexity index is 1390. The van der Waals surface area contributed by atoms with Crippen LogP contribution in [0.5, 0.6) is 0 Å². The van der Waals surface area contributed by atoms with Gasteiger partial charge in [0, 0.05) is 44.0 Å². The Morgan fingerprint density at radius 2 is 1.51 bits per heavy atom. The maximum atomic E-state index is 12.6. The van der Waals surface area contributed by atoms with Crippen LogP contribution in [0.2, 0.25) is 0 Å². The number of hydrogen-bond acceptors (Lipinski definition) is 6. The highest BCUT2D eigenvalue weighted by Crippen LogP contribution is 2.18. The van der Waals surface area contributed by atoms with Crippen molar-refractivity contribution in [2.75, 3.05) is 24.7 Å². The Morgan fingerprint density at radius 3 is 2.11 bits per heavy atom. The van der Waals surface area contributed by atoms with E-state index in [4.69, 9.17) is 0 Å². The van der Waals surface area contributed by atoms with Gasteiger partial charge in [-0.3, -0.25) is 9.78 Å². The largest absolute Gasteiger partial charge is 0.312 e. The zero-order valence-electron chi connectivity index (χ0n) is 19.5. The molecular formula is C25H27N3O5S2. The van der Waals surface area contributed by atoms with E-state index < -0.39 is 19.9 Å². The van der Waals surface area contributed by atoms with Crippen LogP contribution >= 0.6 is 0 Å². The molecule has 0 bridgehead atoms. The van der Waals surface area contributed by atoms with Gasteiger partial charge in [0.05, 0.1) is 9.79 Å². The Kier molecular flexibility index (Phi) is 8.55. The average Bonchev–Trinajstić information content (AvgIpc) is 2.85. The third kappa shape index (κ3) is 7.57. The summed E-state index contributed by atoms with van der Waals surface area (Å²) in [4.78, 5) is 18.2. The molecule has 0 unspecified atom stereocenters. The summed E-state index contributed by atoms with van der Waals surface area (Å²) in [5, 5.41) is 0. The van der Waals surface area contributed by atoms with Crippen LogP contribution in [0, 0.1) is 0 Å². The minimum absolute atomic E-state index is 0.118. The molecule has 0 saturated carbocycles. The summed E-state index contributed by atoms with van der Waals surface area (Å²) in [6, 6.07) is 16.0. The first-order chi connectivity index (χ1) is 16.6. The molecule has 0 aliphatic heterocycles. The van der Waals surface area contributed by atoms with Crippen LogP contribution in [0.25, 0.3) is 6.08 Å². The van der Waals surface area contributed by atoms with Crippen molar-refractivity contribution in [3.8, 4) is 0 Å². The minimum Gasteiger partial charge on any atom is -0.312 e. The van der Waals surface area contributed by atoms with Gasteiger partial charge in [-0.2, -0.15) is 0 Å². The average molecular weight is 514 g/mol. The van der Waals surface area contributed by atoms with Crippen molar-refractivity contribution >= 4 is 37.5 Å². The maximum Gasteiger partial charge on any atom is 0.250 e. The van der Waals surface area contributed by atoms with E-state index in [1.807, 2.05) is 12.1 Å². The van der Waals surface area contributed by atoms with Gasteiger partial charge in [-0.05, 0) is 78.6 Å². The smallest absolute Gasteiger partial charge is 0.250 e. The van der Waals surface area contributed by atoms with Gasteiger partial charge in [-0.15, -0.1) is 0 Å². The van der Waals surface area contributed by atoms with Gasteiger partial charge < -0.3 is 4.90 Å². The standard InChI is InChI=1S/C25H27N3O5S2/c1-28(25(29)14-7-21-5-10-23(11-6-21)34(2,30)31)22-8-12-24(13-9-22)35(32,33)27-17-3-4-20-15-18-26-19-16-20/h5-16,18-19,27H,3-4,17H2,1-2H3/b14-7+. The number of carbonyl (C=O) groups excluding carboxylic acids is 1. The summed E-state index contributed by atoms with van der Waals surface area (Å²) < 4.78 is 50.8. The fraction of sp³-hybridized carbons (Fsp3) is 0.200. The molecule has 1 heterocycles. The van der Waals surface area contributed by atoms with Crippen molar-refractivity contribution in [1.82, 2.24) is 9.71 Å². The lowest BCUT2D eigenvalue weighted by Crippen LogP contribution is -2.26. The summed E-state index contributed by atoms with van der Waals surface area (Å²) >= 11 is 0. The number of sulfone groups is 1. The monoisotopic (exact) mass is 513 g/mol. The summed E-state index contributed by atoms with van der Waals surface area (Å²) in [6.07, 6.45) is 8.89. The lowest BCUT2D eigenvalue weighted by Gasteiger charge is -2.16. The molecule has 1 N–H and O–H groups in total. The van der Waals surface area contributed by atoms with Crippen molar-refractivity contribution < 1.29 is 21.6 Å². The Labute approximate surface area is 206 Å². The number of amides is 1. The molecule has 3 aromatic rings. The highest BCUT2D eigenvalue weighted by molar-refractivity contribution is 7.90. The SMILES string of the molecule is CN(C(=O)/C=C/c1ccc(S(C)(=O)=O)cc1)c1ccc(S(=O)(=O)NCCCc2ccncc2)cc1. The molecule has 0 saturated heterocycles. The third-order valence-corrected chi connectivity index (χ3v) is 7.88. The van der Waals surface area contributed by atoms with Crippen LogP contribution in [-0.2, 0) is 31.1 Å². The van der Waals surface area contributed by atoms with Gasteiger partial charge in [0.1, 0.15) is 0 Å². The quantitative estimate of drug-likeness (QED) is 0.329. The number of aromatic nitrogens is 1. The molecule has 1 amide bonds. The molecule has 1 aromatic heterocycles. The molecule has 184 valence electrons. The van der Waals surface area contributed by atoms with E-state index in [0.717, 1.165) is 18.2 Å². The lowest BCUT2D eigenvalue weighted by atomic mass is 10.1. The first-order valence-corrected chi connectivity index (χ1v) is 14.2. The van der Waals surface area contributed by atoms with Gasteiger partial charge in [-0.1, -0.05) is 12.1 Å². The molecule has 8 nitrogen and oxygen atoms in total. The molecule has 0 aliphatic carbocycles. The van der Waals surface area contributed by atoms with Crippen molar-refractivity contribution in [2.24, 2.45) is 0 Å². The second kappa shape index (κ2) is 11.4. The Balaban J connectivity index is 1.56. The van der Waals surface area contributed by atoms with E-state index in [1.165, 1.54) is 35.2 Å². The Hall–Kier alpha value is -3.34. The first kappa shape index (κ1) is 26.3. The molecular weight excluding hydrogens is 486 g/mol. The van der Waals surface area contributed by atoms with E-state index in [9.17, 15) is 21.6 Å². The van der Waals surface area contributed by atoms with Crippen LogP contribution in [0.15, 0.2) is 88.9 Å². The van der Waals surface area contributed by atoms with Crippen molar-refractivity contribution in [2.45, 2.75) is 22.6 Å². The maximum absolute atomic E-state index is 12.6. The molecule has 0 radical (unpaired) electrons. The molecule has 3 rings (SSSR count). The van der Waals surface area contributed by atoms with Gasteiger partial charge in [0.25, 0.3) is 5.91 Å². The molecule has 10 heteroatoms. The molecule has 0 atom stereocenters. The molecule has 0 fully saturated rings. The number of sulfonamides is 1. The number of aryl methyl sites for hydroxylation is 1. The minimum atomic E-state index is -3.66. The predicted octanol–water partition coefficient (Wildman–Crippen LogP) is 3.07. The Morgan fingerprint density at radius 1 is 0.914 bits per heavy atom. The van der Waals surface area contributed by atoms with E-state index in [1.54, 1.807) is 49.8 Å². The summed E-state index contributed by atoms with van der Waals surface area (Å²) in [6.45, 7) is 0.306. The second-order valence-electron chi connectivity index (χ2n) is 7.92. The number of hydrogen-bond donors (Lipinski definition) is 1. The van der Waals surface area contributed by atoms with E-state index >= 15 is 0 Å². The summed E-state index contributed by atoms with van der Waals surface area (Å²) in [5.41, 5.74) is 2.30. The molecule has 0 spiro atoms. The normalized spacial score (nSPS) is 12.1. The van der Waals surface area contributed by atoms with Crippen molar-refractivity contribution in [1.29, 1.82) is 0 Å². The van der Waals surface area contributed by atoms with Gasteiger partial charge in [0.2, 0.25) is 10.0 Å². The van der Waals surface area contributed by atoms with Crippen LogP contribution in [0.1, 0.15) is 17.5 Å². The molecule has 35 heavy (non-hydrogen) atoms. The van der Waals surface area contributed by atoms with Gasteiger partial charge >= 0.3 is 0 Å². The van der Waals surface area contributed by atoms with Gasteiger partial charge in [-0.25, -0.2) is 21.6 Å². The summed E-state index contributed by atoms with van der Waals surface area (Å²) in [5.74, 6) is -0.318. The number of pyridine rings is 1. The fourth-order valence-corrected chi connectivity index (χ4v) is 4.92. The number of rotatable bonds is 10. The molecule has 0 aliphatic rings. The number of likely N-dealkylation sites (N-methyl/N-ethyl adjacent to an activating group) is 1. The van der Waals surface area contributed by atoms with Crippen LogP contribution in [0.3, 0.4) is 0 Å². The summed E-state index contributed by atoms with van der Waals surface area (Å²) in [7, 11) is -5.36. The lowest BCUT2D eigenvalue weighted by molar-refractivity contribution is -0.113. The second-order valence-corrected chi connectivity index (χ2v) is 11.7.